The summed E-state index contributed by atoms with van der Waals surface area (Å²) in [6.07, 6.45) is 12.3. The van der Waals surface area contributed by atoms with Gasteiger partial charge >= 0.3 is 0 Å². The first-order valence-corrected chi connectivity index (χ1v) is 9.02. The molecule has 0 saturated heterocycles. The van der Waals surface area contributed by atoms with Crippen LogP contribution in [0.4, 0.5) is 0 Å². The summed E-state index contributed by atoms with van der Waals surface area (Å²) in [6.45, 7) is 0. The number of hydrogen-bond donors (Lipinski definition) is 1. The Balaban J connectivity index is 2.11. The number of rotatable bonds is 2. The van der Waals surface area contributed by atoms with Crippen LogP contribution in [0.2, 0.25) is 0 Å². The summed E-state index contributed by atoms with van der Waals surface area (Å²) in [6, 6.07) is 19.0. The summed E-state index contributed by atoms with van der Waals surface area (Å²) < 4.78 is 0. The maximum Gasteiger partial charge on any atom is 0.0323 e. The zero-order chi connectivity index (χ0) is 15.5. The van der Waals surface area contributed by atoms with E-state index < -0.39 is 0 Å². The first kappa shape index (κ1) is 17.0. The molecule has 2 N–H and O–H groups in total. The largest absolute Gasteiger partial charge is 0.324 e. The lowest BCUT2D eigenvalue weighted by Gasteiger charge is -2.25. The van der Waals surface area contributed by atoms with Crippen molar-refractivity contribution in [1.82, 2.24) is 0 Å². The molecule has 1 aromatic rings. The smallest absolute Gasteiger partial charge is 0.0323 e. The van der Waals surface area contributed by atoms with Crippen LogP contribution in [0.15, 0.2) is 54.6 Å². The lowest BCUT2D eigenvalue weighted by atomic mass is 9.84. The van der Waals surface area contributed by atoms with E-state index in [9.17, 15) is 0 Å². The van der Waals surface area contributed by atoms with Crippen molar-refractivity contribution in [2.24, 2.45) is 11.7 Å². The van der Waals surface area contributed by atoms with Gasteiger partial charge in [0.2, 0.25) is 0 Å². The molecule has 0 aromatic heterocycles. The molecule has 1 atom stereocenters. The molecule has 0 amide bonds. The van der Waals surface area contributed by atoms with Gasteiger partial charge in [-0.25, -0.2) is 0 Å². The molecule has 2 rings (SSSR count). The average molecular weight is 297 g/mol. The SMILES string of the molecule is NC(c1ccccccccc1)C1CCCCCCCCC1. The third kappa shape index (κ3) is 6.19. The second-order valence-corrected chi connectivity index (χ2v) is 6.52. The standard InChI is InChI=1S/C21H31N/c22-21(19-15-11-7-3-1-4-8-12-16-19)20-17-13-9-5-2-6-10-14-18-20/h1,3-4,7-8,11-12,15-16,20-21H,2,5-6,9-10,13-14,17-18,22H2. The molecular weight excluding hydrogens is 266 g/mol. The fourth-order valence-electron chi connectivity index (χ4n) is 3.40. The summed E-state index contributed by atoms with van der Waals surface area (Å²) in [7, 11) is 0. The van der Waals surface area contributed by atoms with Gasteiger partial charge in [0.1, 0.15) is 0 Å². The third-order valence-electron chi connectivity index (χ3n) is 4.79. The Labute approximate surface area is 136 Å². The molecule has 120 valence electrons. The highest BCUT2D eigenvalue weighted by atomic mass is 14.6. The summed E-state index contributed by atoms with van der Waals surface area (Å²) in [5, 5.41) is 0. The molecule has 0 radical (unpaired) electrons. The minimum absolute atomic E-state index is 0.164. The minimum atomic E-state index is 0.164. The lowest BCUT2D eigenvalue weighted by molar-refractivity contribution is 0.337. The van der Waals surface area contributed by atoms with Crippen molar-refractivity contribution in [3.05, 3.63) is 60.2 Å². The Bertz CT molecular complexity index is 432. The van der Waals surface area contributed by atoms with E-state index in [0.29, 0.717) is 5.92 Å². The predicted molar refractivity (Wildman–Crippen MR) is 96.0 cm³/mol. The van der Waals surface area contributed by atoms with Crippen molar-refractivity contribution in [2.45, 2.75) is 63.8 Å². The Morgan fingerprint density at radius 1 is 0.636 bits per heavy atom. The van der Waals surface area contributed by atoms with Gasteiger partial charge in [-0.2, -0.15) is 0 Å². The molecule has 1 unspecified atom stereocenters. The fraction of sp³-hybridized carbons (Fsp3) is 0.524. The topological polar surface area (TPSA) is 26.0 Å². The summed E-state index contributed by atoms with van der Waals surface area (Å²) in [5.41, 5.74) is 7.91. The van der Waals surface area contributed by atoms with Crippen molar-refractivity contribution in [2.75, 3.05) is 0 Å². The highest BCUT2D eigenvalue weighted by Gasteiger charge is 2.18. The minimum Gasteiger partial charge on any atom is -0.324 e. The van der Waals surface area contributed by atoms with Gasteiger partial charge in [0.05, 0.1) is 0 Å². The van der Waals surface area contributed by atoms with E-state index in [4.69, 9.17) is 5.73 Å². The molecule has 0 heterocycles. The van der Waals surface area contributed by atoms with Gasteiger partial charge in [-0.15, -0.1) is 0 Å². The van der Waals surface area contributed by atoms with Crippen LogP contribution in [-0.2, 0) is 0 Å². The maximum atomic E-state index is 6.65. The molecule has 1 saturated carbocycles. The molecule has 0 spiro atoms. The fourth-order valence-corrected chi connectivity index (χ4v) is 3.40. The summed E-state index contributed by atoms with van der Waals surface area (Å²) in [4.78, 5) is 0. The molecule has 0 aliphatic heterocycles. The molecule has 1 aliphatic rings. The first-order chi connectivity index (χ1) is 10.9. The molecule has 1 fully saturated rings. The molecule has 1 aromatic carbocycles. The van der Waals surface area contributed by atoms with Crippen LogP contribution in [0, 0.1) is 5.92 Å². The zero-order valence-corrected chi connectivity index (χ0v) is 13.8. The quantitative estimate of drug-likeness (QED) is 0.717. The van der Waals surface area contributed by atoms with Gasteiger partial charge in [0.15, 0.2) is 0 Å². The normalized spacial score (nSPS) is 19.0. The first-order valence-electron chi connectivity index (χ1n) is 9.02. The van der Waals surface area contributed by atoms with E-state index in [1.165, 1.54) is 63.4 Å². The van der Waals surface area contributed by atoms with Gasteiger partial charge in [-0.05, 0) is 24.3 Å². The van der Waals surface area contributed by atoms with Crippen LogP contribution in [0.3, 0.4) is 0 Å². The van der Waals surface area contributed by atoms with E-state index >= 15 is 0 Å². The van der Waals surface area contributed by atoms with E-state index in [1.807, 2.05) is 6.07 Å². The van der Waals surface area contributed by atoms with Gasteiger partial charge < -0.3 is 5.73 Å². The van der Waals surface area contributed by atoms with Crippen molar-refractivity contribution < 1.29 is 0 Å². The second-order valence-electron chi connectivity index (χ2n) is 6.52. The molecule has 1 aliphatic carbocycles. The summed E-state index contributed by atoms with van der Waals surface area (Å²) in [5.74, 6) is 0.630. The van der Waals surface area contributed by atoms with Crippen molar-refractivity contribution in [3.8, 4) is 0 Å². The van der Waals surface area contributed by atoms with Crippen LogP contribution in [-0.4, -0.2) is 0 Å². The number of hydrogen-bond acceptors (Lipinski definition) is 1. The Morgan fingerprint density at radius 3 is 1.55 bits per heavy atom. The highest BCUT2D eigenvalue weighted by Crippen LogP contribution is 2.30. The van der Waals surface area contributed by atoms with Gasteiger partial charge in [0, 0.05) is 6.04 Å². The summed E-state index contributed by atoms with van der Waals surface area (Å²) >= 11 is 0. The van der Waals surface area contributed by atoms with Gasteiger partial charge in [-0.3, -0.25) is 0 Å². The number of nitrogens with two attached hydrogens (primary N) is 1. The molecule has 1 heteroatoms. The Morgan fingerprint density at radius 2 is 1.05 bits per heavy atom. The van der Waals surface area contributed by atoms with Gasteiger partial charge in [-0.1, -0.05) is 99.5 Å². The van der Waals surface area contributed by atoms with E-state index in [1.54, 1.807) is 0 Å². The molecule has 0 bridgehead atoms. The molecule has 1 nitrogen and oxygen atoms in total. The van der Waals surface area contributed by atoms with Crippen LogP contribution in [0.25, 0.3) is 0 Å². The Hall–Kier alpha value is -1.34. The van der Waals surface area contributed by atoms with Crippen molar-refractivity contribution >= 4 is 0 Å². The second kappa shape index (κ2) is 10.4. The lowest BCUT2D eigenvalue weighted by Crippen LogP contribution is -2.21. The van der Waals surface area contributed by atoms with Crippen LogP contribution in [0.5, 0.6) is 0 Å². The van der Waals surface area contributed by atoms with Gasteiger partial charge in [0.25, 0.3) is 0 Å². The molecular formula is C21H31N. The predicted octanol–water partition coefficient (Wildman–Crippen LogP) is 5.95. The van der Waals surface area contributed by atoms with Crippen molar-refractivity contribution in [1.29, 1.82) is 0 Å². The van der Waals surface area contributed by atoms with Crippen molar-refractivity contribution in [3.63, 3.8) is 0 Å². The zero-order valence-electron chi connectivity index (χ0n) is 13.8. The van der Waals surface area contributed by atoms with Crippen LogP contribution in [0.1, 0.15) is 69.4 Å². The maximum absolute atomic E-state index is 6.65. The van der Waals surface area contributed by atoms with E-state index in [0.717, 1.165) is 0 Å². The van der Waals surface area contributed by atoms with E-state index in [-0.39, 0.29) is 6.04 Å². The highest BCUT2D eigenvalue weighted by molar-refractivity contribution is 5.16. The van der Waals surface area contributed by atoms with Crippen LogP contribution < -0.4 is 5.73 Å². The molecule has 22 heavy (non-hydrogen) atoms. The monoisotopic (exact) mass is 297 g/mol. The van der Waals surface area contributed by atoms with Crippen LogP contribution >= 0.6 is 0 Å². The third-order valence-corrected chi connectivity index (χ3v) is 4.79. The van der Waals surface area contributed by atoms with E-state index in [2.05, 4.69) is 48.5 Å². The average Bonchev–Trinajstić information content (AvgIpc) is 2.56. The Kier molecular flexibility index (Phi) is 8.04.